The number of nitrogens with zero attached hydrogens (tertiary/aromatic N) is 3. The monoisotopic (exact) mass is 648 g/mol. The summed E-state index contributed by atoms with van der Waals surface area (Å²) in [6, 6.07) is 19.7. The van der Waals surface area contributed by atoms with Gasteiger partial charge in [-0.2, -0.15) is 0 Å². The molecule has 0 aliphatic rings. The number of hydrogen-bond donors (Lipinski definition) is 1. The Kier molecular flexibility index (Phi) is 15.8. The van der Waals surface area contributed by atoms with E-state index < -0.39 is 7.81 Å². The van der Waals surface area contributed by atoms with Crippen molar-refractivity contribution in [3.8, 4) is 11.5 Å². The maximum absolute atomic E-state index is 11.7. The Morgan fingerprint density at radius 1 is 0.683 bits per heavy atom. The number of aromatic nitrogens is 1. The maximum atomic E-state index is 11.7. The third-order valence-electron chi connectivity index (χ3n) is 4.84. The van der Waals surface area contributed by atoms with Crippen molar-refractivity contribution >= 4 is 19.2 Å². The minimum absolute atomic E-state index is 0. The van der Waals surface area contributed by atoms with Crippen molar-refractivity contribution in [3.05, 3.63) is 90.3 Å². The molecule has 3 rings (SSSR count). The predicted octanol–water partition coefficient (Wildman–Crippen LogP) is 6.98. The molecule has 0 aliphatic carbocycles. The van der Waals surface area contributed by atoms with Gasteiger partial charge in [-0.15, -0.1) is 0 Å². The van der Waals surface area contributed by atoms with E-state index >= 15 is 0 Å². The fraction of sp³-hybridized carbons (Fsp3) is 0.296. The van der Waals surface area contributed by atoms with Crippen LogP contribution in [0.1, 0.15) is 37.8 Å². The van der Waals surface area contributed by atoms with Crippen LogP contribution >= 0.6 is 7.81 Å². The number of halogens is 6. The molecule has 41 heavy (non-hydrogen) atoms. The van der Waals surface area contributed by atoms with Gasteiger partial charge in [0.25, 0.3) is 0 Å². The molecule has 0 amide bonds. The molecule has 0 unspecified atom stereocenters. The van der Waals surface area contributed by atoms with E-state index in [0.29, 0.717) is 24.2 Å². The first kappa shape index (κ1) is 38.0. The number of aliphatic imine (C=N–C) groups is 2. The third-order valence-corrected chi connectivity index (χ3v) is 4.84. The van der Waals surface area contributed by atoms with Gasteiger partial charge in [0.2, 0.25) is 0 Å². The van der Waals surface area contributed by atoms with Crippen LogP contribution in [-0.2, 0) is 16.8 Å². The van der Waals surface area contributed by atoms with Gasteiger partial charge < -0.3 is 15.5 Å². The third kappa shape index (κ3) is 22.4. The number of para-hydroxylation sites is 2. The summed E-state index contributed by atoms with van der Waals surface area (Å²) in [5.41, 5.74) is 2.95. The van der Waals surface area contributed by atoms with Gasteiger partial charge >= 0.3 is 49.8 Å². The smallest absolute Gasteiger partial charge is 0.265 e. The van der Waals surface area contributed by atoms with Crippen LogP contribution in [-0.4, -0.2) is 42.6 Å². The van der Waals surface area contributed by atoms with E-state index in [4.69, 9.17) is 0 Å². The first-order valence-electron chi connectivity index (χ1n) is 12.2. The minimum atomic E-state index is -10.7. The molecule has 1 N–H and O–H groups in total. The summed E-state index contributed by atoms with van der Waals surface area (Å²) in [7, 11) is -10.7. The van der Waals surface area contributed by atoms with Gasteiger partial charge in [0.1, 0.15) is 0 Å². The summed E-state index contributed by atoms with van der Waals surface area (Å²) in [5.74, 6) is 0.0413. The Bertz CT molecular complexity index is 1130. The van der Waals surface area contributed by atoms with Gasteiger partial charge in [-0.05, 0) is 63.0 Å². The van der Waals surface area contributed by atoms with Crippen LogP contribution in [0.2, 0.25) is 0 Å². The van der Waals surface area contributed by atoms with Crippen molar-refractivity contribution in [2.24, 2.45) is 9.98 Å². The molecule has 14 heteroatoms. The van der Waals surface area contributed by atoms with Crippen LogP contribution in [0.5, 0.6) is 11.5 Å². The minimum Gasteiger partial charge on any atom is -0.265 e. The molecule has 1 heterocycles. The molecule has 0 bridgehead atoms. The summed E-state index contributed by atoms with van der Waals surface area (Å²) < 4.78 is 59.2. The summed E-state index contributed by atoms with van der Waals surface area (Å²) in [4.78, 5) is 12.7. The Morgan fingerprint density at radius 3 is 1.34 bits per heavy atom. The van der Waals surface area contributed by atoms with E-state index in [0.717, 1.165) is 37.4 Å². The van der Waals surface area contributed by atoms with Crippen LogP contribution in [0.25, 0.3) is 0 Å². The normalized spacial score (nSPS) is 13.3. The van der Waals surface area contributed by atoms with Gasteiger partial charge in [-0.25, -0.2) is 0 Å². The maximum Gasteiger partial charge on any atom is 3.00 e. The Labute approximate surface area is 246 Å². The Hall–Kier alpha value is -2.99. The zero-order valence-corrected chi connectivity index (χ0v) is 24.4. The number of pyridine rings is 1. The summed E-state index contributed by atoms with van der Waals surface area (Å²) in [6.45, 7) is 6.91. The summed E-state index contributed by atoms with van der Waals surface area (Å²) >= 11 is 0. The number of nitrogens with one attached hydrogen (secondary N) is 1. The van der Waals surface area contributed by atoms with Crippen LogP contribution in [0.3, 0.4) is 0 Å². The van der Waals surface area contributed by atoms with Crippen LogP contribution < -0.4 is 15.5 Å². The zero-order valence-electron chi connectivity index (χ0n) is 22.5. The molecule has 0 saturated heterocycles. The molecule has 228 valence electrons. The fourth-order valence-corrected chi connectivity index (χ4v) is 3.04. The zero-order chi connectivity index (χ0) is 30.1. The van der Waals surface area contributed by atoms with Crippen molar-refractivity contribution in [1.82, 2.24) is 10.3 Å². The standard InChI is InChI=1S/C22H29N3O2.C5H5N.Co.F6P/c1-17(19-9-3-5-11-21(19)26)24-15-7-13-23-14-8-16-25-18(2)20-10-4-6-12-22(20)27;1-2-4-6-5-3-1;;1-7(2,3,4,5)6/h3-6,9-12,23,26-27H,7-8,13-16H2,1-2H3;1-5H;;/q;;+3;-1/p-2. The van der Waals surface area contributed by atoms with Gasteiger partial charge in [-0.3, -0.25) is 15.0 Å². The molecule has 3 aromatic rings. The molecule has 0 radical (unpaired) electrons. The van der Waals surface area contributed by atoms with Gasteiger partial charge in [0.15, 0.2) is 0 Å². The van der Waals surface area contributed by atoms with Crippen molar-refractivity contribution in [1.29, 1.82) is 0 Å². The predicted molar refractivity (Wildman–Crippen MR) is 146 cm³/mol. The topological polar surface area (TPSA) is 95.8 Å². The first-order chi connectivity index (χ1) is 18.5. The molecular weight excluding hydrogens is 616 g/mol. The molecule has 2 aromatic carbocycles. The molecule has 0 saturated carbocycles. The van der Waals surface area contributed by atoms with E-state index in [1.54, 1.807) is 36.7 Å². The second kappa shape index (κ2) is 17.1. The average Bonchev–Trinajstić information content (AvgIpc) is 2.87. The Morgan fingerprint density at radius 2 is 1.05 bits per heavy atom. The number of hydrogen-bond acceptors (Lipinski definition) is 6. The summed E-state index contributed by atoms with van der Waals surface area (Å²) in [6.07, 6.45) is 5.34. The second-order valence-electron chi connectivity index (χ2n) is 8.37. The summed E-state index contributed by atoms with van der Waals surface area (Å²) in [5, 5.41) is 26.8. The van der Waals surface area contributed by atoms with Gasteiger partial charge in [0, 0.05) is 36.9 Å². The molecule has 0 aliphatic heterocycles. The second-order valence-corrected chi connectivity index (χ2v) is 10.3. The van der Waals surface area contributed by atoms with Gasteiger partial charge in [-0.1, -0.05) is 66.1 Å². The van der Waals surface area contributed by atoms with Crippen LogP contribution in [0, 0.1) is 0 Å². The molecule has 0 fully saturated rings. The van der Waals surface area contributed by atoms with E-state index in [1.807, 2.05) is 56.3 Å². The van der Waals surface area contributed by atoms with Crippen LogP contribution in [0.4, 0.5) is 25.2 Å². The van der Waals surface area contributed by atoms with E-state index in [-0.39, 0.29) is 28.3 Å². The molecule has 0 spiro atoms. The Balaban J connectivity index is 0.000000939. The average molecular weight is 648 g/mol. The van der Waals surface area contributed by atoms with E-state index in [2.05, 4.69) is 20.3 Å². The number of benzene rings is 2. The van der Waals surface area contributed by atoms with E-state index in [1.165, 1.54) is 0 Å². The van der Waals surface area contributed by atoms with Crippen molar-refractivity contribution < 1.29 is 52.2 Å². The largest absolute Gasteiger partial charge is 3.00 e. The molecule has 6 nitrogen and oxygen atoms in total. The van der Waals surface area contributed by atoms with Crippen molar-refractivity contribution in [2.75, 3.05) is 26.2 Å². The van der Waals surface area contributed by atoms with Crippen molar-refractivity contribution in [2.45, 2.75) is 26.7 Å². The van der Waals surface area contributed by atoms with Crippen LogP contribution in [0.15, 0.2) is 89.1 Å². The van der Waals surface area contributed by atoms with Gasteiger partial charge in [0.05, 0.1) is 0 Å². The first-order valence-corrected chi connectivity index (χ1v) is 14.2. The molecular formula is C27H32CoF6N4O2P. The van der Waals surface area contributed by atoms with E-state index in [9.17, 15) is 35.4 Å². The molecule has 1 aromatic heterocycles. The number of rotatable bonds is 10. The SMILES string of the molecule is CC(=NCCCNCCCN=C(C)c1ccccc1[O-])c1ccccc1[O-].F[P-](F)(F)(F)(F)F.[Co+3].c1ccncc1. The quantitative estimate of drug-likeness (QED) is 0.111. The fourth-order valence-electron chi connectivity index (χ4n) is 3.04. The van der Waals surface area contributed by atoms with Crippen molar-refractivity contribution in [3.63, 3.8) is 0 Å². The molecule has 0 atom stereocenters.